The number of hydrogen-bond acceptors (Lipinski definition) is 6. The first-order valence-corrected chi connectivity index (χ1v) is 9.03. The molecule has 0 amide bonds. The molecule has 1 aliphatic carbocycles. The van der Waals surface area contributed by atoms with Crippen molar-refractivity contribution in [3.63, 3.8) is 0 Å². The summed E-state index contributed by atoms with van der Waals surface area (Å²) < 4.78 is 45.3. The van der Waals surface area contributed by atoms with Gasteiger partial charge in [-0.1, -0.05) is 6.42 Å². The lowest BCUT2D eigenvalue weighted by molar-refractivity contribution is -0.153. The Kier molecular flexibility index (Phi) is 4.47. The number of rotatable bonds is 3. The lowest BCUT2D eigenvalue weighted by atomic mass is 9.81. The number of esters is 1. The summed E-state index contributed by atoms with van der Waals surface area (Å²) in [4.78, 5) is 26.2. The fraction of sp³-hybridized carbons (Fsp3) is 0.474. The van der Waals surface area contributed by atoms with Crippen LogP contribution in [0.25, 0.3) is 11.4 Å². The summed E-state index contributed by atoms with van der Waals surface area (Å²) in [6.07, 6.45) is 0.786. The van der Waals surface area contributed by atoms with Crippen LogP contribution in [-0.2, 0) is 15.7 Å². The van der Waals surface area contributed by atoms with E-state index in [9.17, 15) is 18.0 Å². The van der Waals surface area contributed by atoms with Crippen LogP contribution in [0.2, 0.25) is 0 Å². The van der Waals surface area contributed by atoms with E-state index in [0.29, 0.717) is 25.1 Å². The predicted octanol–water partition coefficient (Wildman–Crippen LogP) is 3.34. The highest BCUT2D eigenvalue weighted by atomic mass is 19.4. The molecule has 2 atom stereocenters. The van der Waals surface area contributed by atoms with E-state index in [-0.39, 0.29) is 23.5 Å². The van der Waals surface area contributed by atoms with Gasteiger partial charge in [-0.2, -0.15) is 13.2 Å². The van der Waals surface area contributed by atoms with Crippen molar-refractivity contribution in [1.29, 1.82) is 0 Å². The molecule has 28 heavy (non-hydrogen) atoms. The van der Waals surface area contributed by atoms with E-state index in [0.717, 1.165) is 18.9 Å². The van der Waals surface area contributed by atoms with Crippen molar-refractivity contribution < 1.29 is 22.7 Å². The molecule has 2 aromatic rings. The maximum absolute atomic E-state index is 13.4. The Morgan fingerprint density at radius 1 is 1.29 bits per heavy atom. The van der Waals surface area contributed by atoms with Gasteiger partial charge >= 0.3 is 12.1 Å². The standard InChI is InChI=1S/C19H19F3N4O2/c1-28-17(27)18-6-2-3-13(18)10-26(11-18)15-9-14(19(20,21)22)24-16(25-15)12-4-7-23-8-5-12/h4-5,7-9,13H,2-3,6,10-11H2,1H3. The summed E-state index contributed by atoms with van der Waals surface area (Å²) in [6.45, 7) is 0.771. The Morgan fingerprint density at radius 2 is 2.04 bits per heavy atom. The smallest absolute Gasteiger partial charge is 0.433 e. The number of carbonyl (C=O) groups is 1. The van der Waals surface area contributed by atoms with E-state index in [4.69, 9.17) is 4.74 Å². The Hall–Kier alpha value is -2.71. The van der Waals surface area contributed by atoms with Gasteiger partial charge in [0.15, 0.2) is 11.5 Å². The van der Waals surface area contributed by atoms with E-state index in [1.165, 1.54) is 19.5 Å². The molecule has 2 aromatic heterocycles. The minimum absolute atomic E-state index is 0.0172. The van der Waals surface area contributed by atoms with Crippen molar-refractivity contribution in [2.75, 3.05) is 25.1 Å². The molecular formula is C19H19F3N4O2. The lowest BCUT2D eigenvalue weighted by Gasteiger charge is -2.26. The molecule has 0 radical (unpaired) electrons. The summed E-state index contributed by atoms with van der Waals surface area (Å²) in [5.41, 5.74) is -1.23. The third-order valence-electron chi connectivity index (χ3n) is 5.73. The van der Waals surface area contributed by atoms with Gasteiger partial charge < -0.3 is 9.64 Å². The summed E-state index contributed by atoms with van der Waals surface area (Å²) in [5.74, 6) is -0.0891. The number of nitrogens with zero attached hydrogens (tertiary/aromatic N) is 4. The van der Waals surface area contributed by atoms with Crippen molar-refractivity contribution in [2.45, 2.75) is 25.4 Å². The van der Waals surface area contributed by atoms with Gasteiger partial charge in [-0.15, -0.1) is 0 Å². The van der Waals surface area contributed by atoms with Gasteiger partial charge in [0, 0.05) is 37.1 Å². The molecule has 1 saturated heterocycles. The van der Waals surface area contributed by atoms with Crippen LogP contribution >= 0.6 is 0 Å². The Labute approximate surface area is 159 Å². The van der Waals surface area contributed by atoms with Gasteiger partial charge in [-0.25, -0.2) is 9.97 Å². The van der Waals surface area contributed by atoms with E-state index in [2.05, 4.69) is 15.0 Å². The second-order valence-corrected chi connectivity index (χ2v) is 7.29. The molecule has 2 unspecified atom stereocenters. The number of pyridine rings is 1. The highest BCUT2D eigenvalue weighted by Crippen LogP contribution is 2.50. The molecule has 2 aliphatic rings. The van der Waals surface area contributed by atoms with E-state index in [1.807, 2.05) is 0 Å². The van der Waals surface area contributed by atoms with Crippen LogP contribution in [0.1, 0.15) is 25.0 Å². The van der Waals surface area contributed by atoms with Crippen molar-refractivity contribution in [2.24, 2.45) is 11.3 Å². The Bertz CT molecular complexity index is 890. The normalized spacial score (nSPS) is 24.3. The molecule has 6 nitrogen and oxygen atoms in total. The zero-order chi connectivity index (χ0) is 19.9. The maximum Gasteiger partial charge on any atom is 0.433 e. The second-order valence-electron chi connectivity index (χ2n) is 7.29. The molecule has 4 rings (SSSR count). The SMILES string of the molecule is COC(=O)C12CCCC1CN(c1cc(C(F)(F)F)nc(-c3ccncc3)n1)C2. The summed E-state index contributed by atoms with van der Waals surface area (Å²) >= 11 is 0. The van der Waals surface area contributed by atoms with Gasteiger partial charge in [-0.05, 0) is 30.9 Å². The first-order valence-electron chi connectivity index (χ1n) is 9.03. The van der Waals surface area contributed by atoms with Crippen LogP contribution < -0.4 is 4.90 Å². The number of methoxy groups -OCH3 is 1. The zero-order valence-corrected chi connectivity index (χ0v) is 15.2. The highest BCUT2D eigenvalue weighted by Gasteiger charge is 2.55. The molecular weight excluding hydrogens is 373 g/mol. The minimum atomic E-state index is -4.60. The van der Waals surface area contributed by atoms with Gasteiger partial charge in [0.1, 0.15) is 5.82 Å². The third kappa shape index (κ3) is 3.08. The Morgan fingerprint density at radius 3 is 2.71 bits per heavy atom. The van der Waals surface area contributed by atoms with E-state index in [1.54, 1.807) is 17.0 Å². The average Bonchev–Trinajstić information content (AvgIpc) is 3.25. The van der Waals surface area contributed by atoms with Crippen molar-refractivity contribution >= 4 is 11.8 Å². The molecule has 2 fully saturated rings. The van der Waals surface area contributed by atoms with Gasteiger partial charge in [0.25, 0.3) is 0 Å². The molecule has 1 aliphatic heterocycles. The Balaban J connectivity index is 1.75. The van der Waals surface area contributed by atoms with Gasteiger partial charge in [0.2, 0.25) is 0 Å². The van der Waals surface area contributed by atoms with Crippen LogP contribution in [-0.4, -0.2) is 41.1 Å². The number of ether oxygens (including phenoxy) is 1. The zero-order valence-electron chi connectivity index (χ0n) is 15.2. The molecule has 148 valence electrons. The average molecular weight is 392 g/mol. The number of alkyl halides is 3. The van der Waals surface area contributed by atoms with Crippen molar-refractivity contribution in [3.05, 3.63) is 36.3 Å². The molecule has 0 spiro atoms. The van der Waals surface area contributed by atoms with Crippen molar-refractivity contribution in [1.82, 2.24) is 15.0 Å². The quantitative estimate of drug-likeness (QED) is 0.747. The number of hydrogen-bond donors (Lipinski definition) is 0. The first kappa shape index (κ1) is 18.6. The largest absolute Gasteiger partial charge is 0.469 e. The first-order chi connectivity index (χ1) is 13.3. The van der Waals surface area contributed by atoms with Gasteiger partial charge in [0.05, 0.1) is 12.5 Å². The minimum Gasteiger partial charge on any atom is -0.469 e. The topological polar surface area (TPSA) is 68.2 Å². The van der Waals surface area contributed by atoms with Crippen molar-refractivity contribution in [3.8, 4) is 11.4 Å². The number of anilines is 1. The summed E-state index contributed by atoms with van der Waals surface area (Å²) in [6, 6.07) is 4.08. The highest BCUT2D eigenvalue weighted by molar-refractivity contribution is 5.79. The molecule has 0 N–H and O–H groups in total. The van der Waals surface area contributed by atoms with Gasteiger partial charge in [-0.3, -0.25) is 9.78 Å². The maximum atomic E-state index is 13.4. The fourth-order valence-electron chi connectivity index (χ4n) is 4.37. The van der Waals surface area contributed by atoms with Crippen LogP contribution in [0.15, 0.2) is 30.6 Å². The molecule has 9 heteroatoms. The third-order valence-corrected chi connectivity index (χ3v) is 5.73. The number of aromatic nitrogens is 3. The lowest BCUT2D eigenvalue weighted by Crippen LogP contribution is -2.37. The van der Waals surface area contributed by atoms with Crippen LogP contribution in [0.4, 0.5) is 19.0 Å². The summed E-state index contributed by atoms with van der Waals surface area (Å²) in [5, 5.41) is 0. The van der Waals surface area contributed by atoms with Crippen LogP contribution in [0, 0.1) is 11.3 Å². The second kappa shape index (κ2) is 6.72. The number of halogens is 3. The van der Waals surface area contributed by atoms with E-state index < -0.39 is 17.3 Å². The molecule has 3 heterocycles. The molecule has 1 saturated carbocycles. The fourth-order valence-corrected chi connectivity index (χ4v) is 4.37. The molecule has 0 bridgehead atoms. The predicted molar refractivity (Wildman–Crippen MR) is 94.3 cm³/mol. The van der Waals surface area contributed by atoms with E-state index >= 15 is 0 Å². The number of fused-ring (bicyclic) bond motifs is 1. The molecule has 0 aromatic carbocycles. The number of carbonyl (C=O) groups excluding carboxylic acids is 1. The summed E-state index contributed by atoms with van der Waals surface area (Å²) in [7, 11) is 1.35. The van der Waals surface area contributed by atoms with Crippen LogP contribution in [0.3, 0.4) is 0 Å². The van der Waals surface area contributed by atoms with Crippen LogP contribution in [0.5, 0.6) is 0 Å². The monoisotopic (exact) mass is 392 g/mol.